The maximum absolute atomic E-state index is 11.8. The van der Waals surface area contributed by atoms with Crippen LogP contribution >= 0.6 is 0 Å². The summed E-state index contributed by atoms with van der Waals surface area (Å²) in [5.74, 6) is 1.01. The van der Waals surface area contributed by atoms with Crippen LogP contribution < -0.4 is 10.6 Å². The zero-order valence-electron chi connectivity index (χ0n) is 12.8. The van der Waals surface area contributed by atoms with Crippen LogP contribution in [0.4, 0.5) is 0 Å². The predicted molar refractivity (Wildman–Crippen MR) is 80.5 cm³/mol. The Bertz CT molecular complexity index is 353. The Hall–Kier alpha value is -1.10. The van der Waals surface area contributed by atoms with E-state index < -0.39 is 0 Å². The maximum atomic E-state index is 11.8. The van der Waals surface area contributed by atoms with Gasteiger partial charge >= 0.3 is 0 Å². The quantitative estimate of drug-likeness (QED) is 0.661. The van der Waals surface area contributed by atoms with Crippen molar-refractivity contribution in [3.05, 3.63) is 0 Å². The Labute approximate surface area is 126 Å². The summed E-state index contributed by atoms with van der Waals surface area (Å²) in [4.78, 5) is 23.6. The van der Waals surface area contributed by atoms with E-state index in [2.05, 4.69) is 10.6 Å². The molecule has 2 atom stereocenters. The van der Waals surface area contributed by atoms with E-state index >= 15 is 0 Å². The van der Waals surface area contributed by atoms with Crippen LogP contribution in [0.15, 0.2) is 0 Å². The lowest BCUT2D eigenvalue weighted by Crippen LogP contribution is -2.36. The van der Waals surface area contributed by atoms with Gasteiger partial charge in [-0.1, -0.05) is 19.3 Å². The number of hydrogen-bond donors (Lipinski definition) is 3. The highest BCUT2D eigenvalue weighted by atomic mass is 16.3. The van der Waals surface area contributed by atoms with Crippen molar-refractivity contribution in [2.24, 2.45) is 17.8 Å². The molecule has 0 aliphatic heterocycles. The smallest absolute Gasteiger partial charge is 0.223 e. The average molecular weight is 296 g/mol. The predicted octanol–water partition coefficient (Wildman–Crippen LogP) is 1.21. The summed E-state index contributed by atoms with van der Waals surface area (Å²) in [6.07, 6.45) is 7.90. The summed E-state index contributed by atoms with van der Waals surface area (Å²) in [6, 6.07) is 0. The third kappa shape index (κ3) is 4.99. The van der Waals surface area contributed by atoms with Crippen molar-refractivity contribution in [1.29, 1.82) is 0 Å². The van der Waals surface area contributed by atoms with Gasteiger partial charge in [0.1, 0.15) is 0 Å². The molecule has 0 aromatic rings. The fourth-order valence-electron chi connectivity index (χ4n) is 3.59. The fourth-order valence-corrected chi connectivity index (χ4v) is 3.59. The number of carbonyl (C=O) groups is 2. The Balaban J connectivity index is 1.56. The van der Waals surface area contributed by atoms with Crippen LogP contribution in [0.25, 0.3) is 0 Å². The highest BCUT2D eigenvalue weighted by molar-refractivity contribution is 5.80. The molecule has 2 rings (SSSR count). The minimum Gasteiger partial charge on any atom is -0.396 e. The molecule has 120 valence electrons. The van der Waals surface area contributed by atoms with Gasteiger partial charge < -0.3 is 15.7 Å². The lowest BCUT2D eigenvalue weighted by atomic mass is 9.97. The van der Waals surface area contributed by atoms with Gasteiger partial charge in [0.15, 0.2) is 0 Å². The Morgan fingerprint density at radius 3 is 2.38 bits per heavy atom. The molecule has 3 N–H and O–H groups in total. The highest BCUT2D eigenvalue weighted by Crippen LogP contribution is 2.30. The Morgan fingerprint density at radius 1 is 0.952 bits per heavy atom. The first-order chi connectivity index (χ1) is 10.2. The van der Waals surface area contributed by atoms with Crippen molar-refractivity contribution in [2.45, 2.75) is 51.4 Å². The van der Waals surface area contributed by atoms with Gasteiger partial charge in [-0.2, -0.15) is 0 Å². The van der Waals surface area contributed by atoms with Crippen molar-refractivity contribution in [3.8, 4) is 0 Å². The minimum absolute atomic E-state index is 0.00897. The first-order valence-electron chi connectivity index (χ1n) is 8.36. The number of rotatable bonds is 7. The van der Waals surface area contributed by atoms with Gasteiger partial charge in [0.2, 0.25) is 11.8 Å². The molecule has 0 saturated heterocycles. The van der Waals surface area contributed by atoms with Crippen LogP contribution in [0.1, 0.15) is 51.4 Å². The molecule has 0 radical (unpaired) electrons. The van der Waals surface area contributed by atoms with Crippen LogP contribution in [-0.4, -0.2) is 36.6 Å². The molecule has 2 unspecified atom stereocenters. The molecule has 0 aromatic carbocycles. The number of nitrogens with one attached hydrogen (secondary N) is 2. The van der Waals surface area contributed by atoms with E-state index in [4.69, 9.17) is 0 Å². The molecule has 2 saturated carbocycles. The average Bonchev–Trinajstić information content (AvgIpc) is 3.15. The van der Waals surface area contributed by atoms with Crippen LogP contribution in [0.5, 0.6) is 0 Å². The number of hydrogen-bond acceptors (Lipinski definition) is 3. The second-order valence-electron chi connectivity index (χ2n) is 6.46. The van der Waals surface area contributed by atoms with E-state index in [1.54, 1.807) is 0 Å². The number of aliphatic hydroxyl groups excluding tert-OH is 1. The normalized spacial score (nSPS) is 26.0. The molecule has 2 aliphatic rings. The summed E-state index contributed by atoms with van der Waals surface area (Å²) < 4.78 is 0. The molecular formula is C16H28N2O3. The van der Waals surface area contributed by atoms with Crippen LogP contribution in [0.2, 0.25) is 0 Å². The lowest BCUT2D eigenvalue weighted by molar-refractivity contribution is -0.125. The molecule has 2 amide bonds. The lowest BCUT2D eigenvalue weighted by Gasteiger charge is -2.18. The van der Waals surface area contributed by atoms with Gasteiger partial charge in [-0.15, -0.1) is 0 Å². The molecule has 5 heteroatoms. The summed E-state index contributed by atoms with van der Waals surface area (Å²) in [7, 11) is 0. The van der Waals surface area contributed by atoms with Crippen molar-refractivity contribution in [1.82, 2.24) is 10.6 Å². The third-order valence-corrected chi connectivity index (χ3v) is 4.99. The molecule has 2 aliphatic carbocycles. The molecule has 21 heavy (non-hydrogen) atoms. The molecule has 2 fully saturated rings. The van der Waals surface area contributed by atoms with Gasteiger partial charge in [-0.05, 0) is 37.5 Å². The minimum atomic E-state index is -0.00897. The van der Waals surface area contributed by atoms with Crippen LogP contribution in [0.3, 0.4) is 0 Å². The molecular weight excluding hydrogens is 268 g/mol. The third-order valence-electron chi connectivity index (χ3n) is 4.99. The number of amides is 2. The van der Waals surface area contributed by atoms with Gasteiger partial charge in [-0.25, -0.2) is 0 Å². The van der Waals surface area contributed by atoms with Crippen LogP contribution in [0, 0.1) is 17.8 Å². The summed E-state index contributed by atoms with van der Waals surface area (Å²) >= 11 is 0. The fraction of sp³-hybridized carbons (Fsp3) is 0.875. The van der Waals surface area contributed by atoms with Gasteiger partial charge in [0.25, 0.3) is 0 Å². The zero-order valence-corrected chi connectivity index (χ0v) is 12.8. The van der Waals surface area contributed by atoms with E-state index in [0.717, 1.165) is 44.9 Å². The number of carbonyl (C=O) groups excluding carboxylic acids is 2. The van der Waals surface area contributed by atoms with E-state index in [1.807, 2.05) is 0 Å². The SMILES string of the molecule is O=C(CCNC(=O)C1CCCC1)NCC1CCCC1CO. The van der Waals surface area contributed by atoms with Crippen molar-refractivity contribution < 1.29 is 14.7 Å². The van der Waals surface area contributed by atoms with Crippen molar-refractivity contribution >= 4 is 11.8 Å². The molecule has 0 spiro atoms. The molecule has 5 nitrogen and oxygen atoms in total. The molecule has 0 aromatic heterocycles. The first-order valence-corrected chi connectivity index (χ1v) is 8.36. The zero-order chi connectivity index (χ0) is 15.1. The number of aliphatic hydroxyl groups is 1. The molecule has 0 heterocycles. The molecule has 0 bridgehead atoms. The summed E-state index contributed by atoms with van der Waals surface area (Å²) in [5.41, 5.74) is 0. The summed E-state index contributed by atoms with van der Waals surface area (Å²) in [5, 5.41) is 15.0. The largest absolute Gasteiger partial charge is 0.396 e. The Morgan fingerprint density at radius 2 is 1.67 bits per heavy atom. The monoisotopic (exact) mass is 296 g/mol. The standard InChI is InChI=1S/C16H28N2O3/c19-11-14-7-3-6-13(14)10-18-15(20)8-9-17-16(21)12-4-1-2-5-12/h12-14,19H,1-11H2,(H,17,21)(H,18,20). The second-order valence-corrected chi connectivity index (χ2v) is 6.46. The van der Waals surface area contributed by atoms with Crippen molar-refractivity contribution in [2.75, 3.05) is 19.7 Å². The van der Waals surface area contributed by atoms with Gasteiger partial charge in [0, 0.05) is 32.0 Å². The van der Waals surface area contributed by atoms with Crippen LogP contribution in [-0.2, 0) is 9.59 Å². The van der Waals surface area contributed by atoms with E-state index in [-0.39, 0.29) is 24.3 Å². The van der Waals surface area contributed by atoms with E-state index in [9.17, 15) is 14.7 Å². The topological polar surface area (TPSA) is 78.4 Å². The van der Waals surface area contributed by atoms with E-state index in [1.165, 1.54) is 0 Å². The first kappa shape index (κ1) is 16.3. The summed E-state index contributed by atoms with van der Waals surface area (Å²) in [6.45, 7) is 1.30. The Kier molecular flexibility index (Phi) is 6.49. The maximum Gasteiger partial charge on any atom is 0.223 e. The highest BCUT2D eigenvalue weighted by Gasteiger charge is 2.26. The van der Waals surface area contributed by atoms with Gasteiger partial charge in [-0.3, -0.25) is 9.59 Å². The van der Waals surface area contributed by atoms with E-state index in [0.29, 0.717) is 31.3 Å². The van der Waals surface area contributed by atoms with Gasteiger partial charge in [0.05, 0.1) is 0 Å². The second kappa shape index (κ2) is 8.37. The van der Waals surface area contributed by atoms with Crippen molar-refractivity contribution in [3.63, 3.8) is 0 Å².